The molecule has 0 aliphatic carbocycles. The molecule has 9 nitrogen and oxygen atoms in total. The Morgan fingerprint density at radius 3 is 2.15 bits per heavy atom. The molecule has 2 aromatic rings. The number of carbonyl (C=O) groups excluding carboxylic acids is 4. The number of nitrogens with two attached hydrogens (primary N) is 1. The summed E-state index contributed by atoms with van der Waals surface area (Å²) in [7, 11) is 0. The third-order valence-electron chi connectivity index (χ3n) is 6.06. The van der Waals surface area contributed by atoms with Gasteiger partial charge in [0.15, 0.2) is 0 Å². The molecule has 0 spiro atoms. The fraction of sp³-hybridized carbons (Fsp3) is 0.467. The highest BCUT2D eigenvalue weighted by Crippen LogP contribution is 2.28. The molecule has 39 heavy (non-hydrogen) atoms. The molecular formula is C30H42N4O5. The molecule has 2 atom stereocenters. The molecule has 0 bridgehead atoms. The Morgan fingerprint density at radius 2 is 1.62 bits per heavy atom. The molecule has 2 rings (SSSR count). The Hall–Kier alpha value is -3.88. The Balaban J connectivity index is 2.54. The van der Waals surface area contributed by atoms with Gasteiger partial charge in [-0.2, -0.15) is 0 Å². The fourth-order valence-corrected chi connectivity index (χ4v) is 4.32. The molecule has 4 amide bonds. The SMILES string of the molecule is CCCN(C(=O)C(CCC(N)=O)NC(=O)OC(C)(C)C)C(C(=O)Nc1c(C)cccc1C)c1cccc(C)c1. The van der Waals surface area contributed by atoms with E-state index in [0.717, 1.165) is 16.7 Å². The van der Waals surface area contributed by atoms with Gasteiger partial charge in [0.05, 0.1) is 0 Å². The number of hydrogen-bond donors (Lipinski definition) is 3. The van der Waals surface area contributed by atoms with Crippen LogP contribution in [0.3, 0.4) is 0 Å². The van der Waals surface area contributed by atoms with Gasteiger partial charge >= 0.3 is 6.09 Å². The lowest BCUT2D eigenvalue weighted by Crippen LogP contribution is -2.52. The van der Waals surface area contributed by atoms with Crippen LogP contribution in [0.1, 0.15) is 75.3 Å². The molecule has 0 saturated carbocycles. The molecular weight excluding hydrogens is 496 g/mol. The van der Waals surface area contributed by atoms with Crippen LogP contribution in [0.5, 0.6) is 0 Å². The summed E-state index contributed by atoms with van der Waals surface area (Å²) in [5.41, 5.74) is 8.60. The van der Waals surface area contributed by atoms with Gasteiger partial charge in [0.1, 0.15) is 17.7 Å². The second kappa shape index (κ2) is 13.8. The summed E-state index contributed by atoms with van der Waals surface area (Å²) >= 11 is 0. The third kappa shape index (κ3) is 9.42. The van der Waals surface area contributed by atoms with Gasteiger partial charge in [0, 0.05) is 18.7 Å². The number of hydrogen-bond acceptors (Lipinski definition) is 5. The second-order valence-corrected chi connectivity index (χ2v) is 10.8. The number of benzene rings is 2. The lowest BCUT2D eigenvalue weighted by atomic mass is 9.99. The van der Waals surface area contributed by atoms with Crippen molar-refractivity contribution in [2.45, 2.75) is 85.4 Å². The number of rotatable bonds is 11. The molecule has 9 heteroatoms. The molecule has 4 N–H and O–H groups in total. The van der Waals surface area contributed by atoms with E-state index in [2.05, 4.69) is 10.6 Å². The van der Waals surface area contributed by atoms with Crippen LogP contribution in [0.4, 0.5) is 10.5 Å². The van der Waals surface area contributed by atoms with E-state index in [0.29, 0.717) is 17.7 Å². The van der Waals surface area contributed by atoms with E-state index >= 15 is 0 Å². The second-order valence-electron chi connectivity index (χ2n) is 10.8. The maximum atomic E-state index is 14.1. The van der Waals surface area contributed by atoms with Crippen molar-refractivity contribution >= 4 is 29.5 Å². The zero-order valence-corrected chi connectivity index (χ0v) is 24.1. The van der Waals surface area contributed by atoms with Crippen molar-refractivity contribution in [2.75, 3.05) is 11.9 Å². The summed E-state index contributed by atoms with van der Waals surface area (Å²) < 4.78 is 5.36. The van der Waals surface area contributed by atoms with Crippen molar-refractivity contribution in [1.29, 1.82) is 0 Å². The van der Waals surface area contributed by atoms with Gasteiger partial charge in [0.25, 0.3) is 5.91 Å². The molecule has 0 heterocycles. The Bertz CT molecular complexity index is 1170. The molecule has 0 fully saturated rings. The number of anilines is 1. The van der Waals surface area contributed by atoms with Gasteiger partial charge in [-0.25, -0.2) is 4.79 Å². The summed E-state index contributed by atoms with van der Waals surface area (Å²) in [5, 5.41) is 5.63. The van der Waals surface area contributed by atoms with Gasteiger partial charge in [-0.15, -0.1) is 0 Å². The average molecular weight is 539 g/mol. The molecule has 0 aliphatic rings. The minimum absolute atomic E-state index is 0.0350. The molecule has 0 aliphatic heterocycles. The number of primary amides is 1. The van der Waals surface area contributed by atoms with E-state index in [9.17, 15) is 19.2 Å². The van der Waals surface area contributed by atoms with Crippen LogP contribution in [0.25, 0.3) is 0 Å². The number of aryl methyl sites for hydroxylation is 3. The monoisotopic (exact) mass is 538 g/mol. The number of nitrogens with one attached hydrogen (secondary N) is 2. The van der Waals surface area contributed by atoms with Crippen molar-refractivity contribution in [2.24, 2.45) is 5.73 Å². The van der Waals surface area contributed by atoms with Gasteiger partial charge in [-0.3, -0.25) is 14.4 Å². The highest BCUT2D eigenvalue weighted by atomic mass is 16.6. The first-order valence-electron chi connectivity index (χ1n) is 13.3. The van der Waals surface area contributed by atoms with Crippen LogP contribution in [0.2, 0.25) is 0 Å². The molecule has 0 radical (unpaired) electrons. The van der Waals surface area contributed by atoms with Gasteiger partial charge in [-0.1, -0.05) is 55.0 Å². The zero-order valence-electron chi connectivity index (χ0n) is 24.1. The summed E-state index contributed by atoms with van der Waals surface area (Å²) in [6.07, 6.45) is -0.406. The number of amides is 4. The lowest BCUT2D eigenvalue weighted by molar-refractivity contribution is -0.141. The number of ether oxygens (including phenoxy) is 1. The molecule has 2 aromatic carbocycles. The average Bonchev–Trinajstić information content (AvgIpc) is 2.82. The van der Waals surface area contributed by atoms with Crippen LogP contribution in [0, 0.1) is 20.8 Å². The highest BCUT2D eigenvalue weighted by molar-refractivity contribution is 6.00. The Labute approximate surface area is 231 Å². The largest absolute Gasteiger partial charge is 0.444 e. The minimum atomic E-state index is -1.13. The Kier molecular flexibility index (Phi) is 11.1. The quantitative estimate of drug-likeness (QED) is 0.382. The van der Waals surface area contributed by atoms with Crippen LogP contribution in [0.15, 0.2) is 42.5 Å². The van der Waals surface area contributed by atoms with E-state index in [1.165, 1.54) is 4.90 Å². The maximum Gasteiger partial charge on any atom is 0.408 e. The van der Waals surface area contributed by atoms with Crippen LogP contribution in [-0.4, -0.2) is 46.9 Å². The van der Waals surface area contributed by atoms with Crippen LogP contribution < -0.4 is 16.4 Å². The van der Waals surface area contributed by atoms with E-state index in [1.807, 2.05) is 64.1 Å². The van der Waals surface area contributed by atoms with Crippen molar-refractivity contribution in [3.05, 3.63) is 64.7 Å². The van der Waals surface area contributed by atoms with Crippen LogP contribution in [-0.2, 0) is 19.1 Å². The normalized spacial score (nSPS) is 12.7. The molecule has 0 aromatic heterocycles. The predicted octanol–water partition coefficient (Wildman–Crippen LogP) is 4.69. The summed E-state index contributed by atoms with van der Waals surface area (Å²) in [6, 6.07) is 11.0. The Morgan fingerprint density at radius 1 is 1.00 bits per heavy atom. The standard InChI is InChI=1S/C30H42N4O5/c1-8-17-34(28(37)23(15-16-24(31)35)32-29(38)39-30(5,6)7)26(22-14-9-11-19(2)18-22)27(36)33-25-20(3)12-10-13-21(25)4/h9-14,18,23,26H,8,15-17H2,1-7H3,(H2,31,35)(H,32,38)(H,33,36). The van der Waals surface area contributed by atoms with Crippen molar-refractivity contribution < 1.29 is 23.9 Å². The highest BCUT2D eigenvalue weighted by Gasteiger charge is 2.36. The summed E-state index contributed by atoms with van der Waals surface area (Å²) in [6.45, 7) is 13.0. The fourth-order valence-electron chi connectivity index (χ4n) is 4.32. The first-order valence-corrected chi connectivity index (χ1v) is 13.3. The van der Waals surface area contributed by atoms with Crippen molar-refractivity contribution in [3.63, 3.8) is 0 Å². The maximum absolute atomic E-state index is 14.1. The zero-order chi connectivity index (χ0) is 29.3. The predicted molar refractivity (Wildman–Crippen MR) is 152 cm³/mol. The van der Waals surface area contributed by atoms with Crippen molar-refractivity contribution in [3.8, 4) is 0 Å². The van der Waals surface area contributed by atoms with Gasteiger partial charge in [0.2, 0.25) is 11.8 Å². The summed E-state index contributed by atoms with van der Waals surface area (Å²) in [4.78, 5) is 53.7. The van der Waals surface area contributed by atoms with Crippen molar-refractivity contribution in [1.82, 2.24) is 10.2 Å². The molecule has 212 valence electrons. The minimum Gasteiger partial charge on any atom is -0.444 e. The molecule has 2 unspecified atom stereocenters. The number of alkyl carbamates (subject to hydrolysis) is 1. The first kappa shape index (κ1) is 31.3. The van der Waals surface area contributed by atoms with Gasteiger partial charge < -0.3 is 26.0 Å². The van der Waals surface area contributed by atoms with E-state index in [-0.39, 0.29) is 25.3 Å². The summed E-state index contributed by atoms with van der Waals surface area (Å²) in [5.74, 6) is -1.50. The number of nitrogens with zero attached hydrogens (tertiary/aromatic N) is 1. The van der Waals surface area contributed by atoms with Crippen LogP contribution >= 0.6 is 0 Å². The first-order chi connectivity index (χ1) is 18.2. The third-order valence-corrected chi connectivity index (χ3v) is 6.06. The lowest BCUT2D eigenvalue weighted by Gasteiger charge is -2.34. The van der Waals surface area contributed by atoms with Gasteiger partial charge in [-0.05, 0) is 71.1 Å². The smallest absolute Gasteiger partial charge is 0.408 e. The van der Waals surface area contributed by atoms with E-state index < -0.39 is 35.6 Å². The topological polar surface area (TPSA) is 131 Å². The van der Waals surface area contributed by atoms with E-state index in [1.54, 1.807) is 26.8 Å². The molecule has 0 saturated heterocycles. The number of carbonyl (C=O) groups is 4. The number of para-hydroxylation sites is 1. The van der Waals surface area contributed by atoms with E-state index in [4.69, 9.17) is 10.5 Å².